The van der Waals surface area contributed by atoms with E-state index in [-0.39, 0.29) is 0 Å². The topological polar surface area (TPSA) is 23.1 Å². The molecule has 0 aliphatic heterocycles. The molecule has 1 unspecified atom stereocenters. The Balaban J connectivity index is 2.75. The molecule has 1 radical (unpaired) electrons. The van der Waals surface area contributed by atoms with E-state index in [0.29, 0.717) is 5.75 Å². The van der Waals surface area contributed by atoms with Gasteiger partial charge in [-0.05, 0) is 13.8 Å². The molecular formula is C4H9OS. The Morgan fingerprint density at radius 1 is 1.83 bits per heavy atom. The summed E-state index contributed by atoms with van der Waals surface area (Å²) < 4.78 is 10.2. The average Bonchev–Trinajstić information content (AvgIpc) is 1.65. The van der Waals surface area contributed by atoms with E-state index in [2.05, 4.69) is 6.92 Å². The van der Waals surface area contributed by atoms with Crippen LogP contribution in [0.5, 0.6) is 0 Å². The molecule has 0 fully saturated rings. The fourth-order valence-corrected chi connectivity index (χ4v) is 0.433. The van der Waals surface area contributed by atoms with Crippen LogP contribution >= 0.6 is 0 Å². The lowest BCUT2D eigenvalue weighted by Gasteiger charge is -2.01. The van der Waals surface area contributed by atoms with Gasteiger partial charge in [0.1, 0.15) is 11.5 Å². The fourth-order valence-electron chi connectivity index (χ4n) is 0.144. The Kier molecular flexibility index (Phi) is 3.68. The van der Waals surface area contributed by atoms with Gasteiger partial charge in [0, 0.05) is 0 Å². The minimum absolute atomic E-state index is 0.552. The van der Waals surface area contributed by atoms with Crippen molar-refractivity contribution < 1.29 is 4.55 Å². The summed E-state index contributed by atoms with van der Waals surface area (Å²) in [6, 6.07) is 0. The van der Waals surface area contributed by atoms with Gasteiger partial charge >= 0.3 is 0 Å². The molecule has 0 aromatic rings. The average molecular weight is 105 g/mol. The predicted molar refractivity (Wildman–Crippen MR) is 28.9 cm³/mol. The van der Waals surface area contributed by atoms with Crippen LogP contribution in [0.3, 0.4) is 0 Å². The van der Waals surface area contributed by atoms with E-state index >= 15 is 0 Å². The lowest BCUT2D eigenvalue weighted by Crippen LogP contribution is -2.04. The lowest BCUT2D eigenvalue weighted by molar-refractivity contribution is 0.599. The second-order valence-electron chi connectivity index (χ2n) is 0.933. The van der Waals surface area contributed by atoms with Crippen molar-refractivity contribution in [2.75, 3.05) is 11.5 Å². The molecule has 0 saturated carbocycles. The van der Waals surface area contributed by atoms with Crippen LogP contribution in [0, 0.1) is 6.92 Å². The SMILES string of the molecule is [CH2]C[S+]([O-])CC. The van der Waals surface area contributed by atoms with Crippen LogP contribution in [-0.4, -0.2) is 16.1 Å². The van der Waals surface area contributed by atoms with Crippen LogP contribution in [0.4, 0.5) is 0 Å². The van der Waals surface area contributed by atoms with E-state index < -0.39 is 11.2 Å². The minimum atomic E-state index is -0.645. The molecule has 0 bridgehead atoms. The summed E-state index contributed by atoms with van der Waals surface area (Å²) in [6.45, 7) is 5.35. The van der Waals surface area contributed by atoms with E-state index in [4.69, 9.17) is 0 Å². The van der Waals surface area contributed by atoms with Crippen molar-refractivity contribution in [2.24, 2.45) is 0 Å². The molecule has 0 amide bonds. The Morgan fingerprint density at radius 3 is 2.33 bits per heavy atom. The van der Waals surface area contributed by atoms with Crippen LogP contribution in [0.25, 0.3) is 0 Å². The zero-order valence-corrected chi connectivity index (χ0v) is 4.75. The van der Waals surface area contributed by atoms with Gasteiger partial charge in [0.05, 0.1) is 0 Å². The maximum absolute atomic E-state index is 10.2. The first-order chi connectivity index (χ1) is 2.81. The molecule has 0 aromatic heterocycles. The smallest absolute Gasteiger partial charge is 0.105 e. The molecule has 0 aromatic carbocycles. The van der Waals surface area contributed by atoms with Crippen molar-refractivity contribution in [3.8, 4) is 0 Å². The Bertz CT molecular complexity index is 26.7. The summed E-state index contributed by atoms with van der Waals surface area (Å²) >= 11 is -0.645. The molecule has 0 heterocycles. The molecule has 37 valence electrons. The van der Waals surface area contributed by atoms with Crippen molar-refractivity contribution in [3.05, 3.63) is 6.92 Å². The van der Waals surface area contributed by atoms with Gasteiger partial charge in [-0.15, -0.1) is 0 Å². The molecule has 0 rings (SSSR count). The van der Waals surface area contributed by atoms with Crippen LogP contribution in [0.2, 0.25) is 0 Å². The molecule has 6 heavy (non-hydrogen) atoms. The van der Waals surface area contributed by atoms with Gasteiger partial charge in [0.2, 0.25) is 0 Å². The van der Waals surface area contributed by atoms with E-state index in [1.807, 2.05) is 6.92 Å². The molecule has 2 heteroatoms. The highest BCUT2D eigenvalue weighted by Crippen LogP contribution is 1.84. The van der Waals surface area contributed by atoms with Crippen LogP contribution in [-0.2, 0) is 11.2 Å². The van der Waals surface area contributed by atoms with Gasteiger partial charge < -0.3 is 4.55 Å². The van der Waals surface area contributed by atoms with Gasteiger partial charge in [0.25, 0.3) is 0 Å². The largest absolute Gasteiger partial charge is 0.616 e. The third-order valence-electron chi connectivity index (χ3n) is 0.550. The van der Waals surface area contributed by atoms with Crippen LogP contribution < -0.4 is 0 Å². The molecule has 0 aliphatic rings. The zero-order chi connectivity index (χ0) is 4.99. The summed E-state index contributed by atoms with van der Waals surface area (Å²) in [5.74, 6) is 1.29. The highest BCUT2D eigenvalue weighted by molar-refractivity contribution is 7.91. The quantitative estimate of drug-likeness (QED) is 0.471. The first-order valence-electron chi connectivity index (χ1n) is 1.95. The lowest BCUT2D eigenvalue weighted by atomic mass is 11.0. The Labute approximate surface area is 41.9 Å². The highest BCUT2D eigenvalue weighted by Gasteiger charge is 1.91. The normalized spacial score (nSPS) is 10.0. The van der Waals surface area contributed by atoms with Gasteiger partial charge in [-0.2, -0.15) is 0 Å². The molecule has 0 spiro atoms. The van der Waals surface area contributed by atoms with Crippen LogP contribution in [0.1, 0.15) is 6.92 Å². The fraction of sp³-hybridized carbons (Fsp3) is 0.750. The Morgan fingerprint density at radius 2 is 2.33 bits per heavy atom. The zero-order valence-electron chi connectivity index (χ0n) is 3.94. The van der Waals surface area contributed by atoms with Crippen molar-refractivity contribution in [3.63, 3.8) is 0 Å². The molecule has 1 atom stereocenters. The first kappa shape index (κ1) is 6.31. The van der Waals surface area contributed by atoms with Gasteiger partial charge in [0.15, 0.2) is 0 Å². The van der Waals surface area contributed by atoms with Crippen molar-refractivity contribution >= 4 is 11.2 Å². The van der Waals surface area contributed by atoms with E-state index in [0.717, 1.165) is 5.75 Å². The highest BCUT2D eigenvalue weighted by atomic mass is 32.2. The molecule has 1 nitrogen and oxygen atoms in total. The summed E-state index contributed by atoms with van der Waals surface area (Å²) in [7, 11) is 0. The van der Waals surface area contributed by atoms with Crippen molar-refractivity contribution in [2.45, 2.75) is 6.92 Å². The maximum Gasteiger partial charge on any atom is 0.105 e. The third-order valence-corrected chi connectivity index (χ3v) is 1.65. The maximum atomic E-state index is 10.2. The summed E-state index contributed by atoms with van der Waals surface area (Å²) in [5.41, 5.74) is 0. The van der Waals surface area contributed by atoms with E-state index in [1.165, 1.54) is 0 Å². The second kappa shape index (κ2) is 3.50. The van der Waals surface area contributed by atoms with E-state index in [1.54, 1.807) is 0 Å². The summed E-state index contributed by atoms with van der Waals surface area (Å²) in [6.07, 6.45) is 0. The monoisotopic (exact) mass is 105 g/mol. The summed E-state index contributed by atoms with van der Waals surface area (Å²) in [5, 5.41) is 0. The Hall–Kier alpha value is 0.310. The molecule has 0 aliphatic carbocycles. The third kappa shape index (κ3) is 2.54. The number of hydrogen-bond donors (Lipinski definition) is 0. The van der Waals surface area contributed by atoms with Crippen molar-refractivity contribution in [1.82, 2.24) is 0 Å². The second-order valence-corrected chi connectivity index (χ2v) is 2.80. The van der Waals surface area contributed by atoms with Crippen LogP contribution in [0.15, 0.2) is 0 Å². The minimum Gasteiger partial charge on any atom is -0.616 e. The first-order valence-corrected chi connectivity index (χ1v) is 3.44. The van der Waals surface area contributed by atoms with Gasteiger partial charge in [-0.3, -0.25) is 0 Å². The number of rotatable bonds is 2. The molecule has 0 saturated heterocycles. The molecule has 0 N–H and O–H groups in total. The predicted octanol–water partition coefficient (Wildman–Crippen LogP) is 0.589. The van der Waals surface area contributed by atoms with Gasteiger partial charge in [-0.1, -0.05) is 11.2 Å². The standard InChI is InChI=1S/C4H9OS/c1-3-6(5)4-2/h1,3-4H2,2H3. The van der Waals surface area contributed by atoms with Gasteiger partial charge in [-0.25, -0.2) is 0 Å². The summed E-state index contributed by atoms with van der Waals surface area (Å²) in [4.78, 5) is 0. The molecular weight excluding hydrogens is 96.1 g/mol. The van der Waals surface area contributed by atoms with E-state index in [9.17, 15) is 4.55 Å². The van der Waals surface area contributed by atoms with Crippen molar-refractivity contribution in [1.29, 1.82) is 0 Å². The number of hydrogen-bond acceptors (Lipinski definition) is 1.